The molecule has 0 bridgehead atoms. The van der Waals surface area contributed by atoms with Crippen LogP contribution in [0.25, 0.3) is 22.0 Å². The molecule has 0 spiro atoms. The summed E-state index contributed by atoms with van der Waals surface area (Å²) in [7, 11) is 0. The molecule has 3 rings (SSSR count). The molecular formula is C16H7ClF5NO. The van der Waals surface area contributed by atoms with Crippen LogP contribution in [-0.2, 0) is 6.18 Å². The number of benzene rings is 2. The summed E-state index contributed by atoms with van der Waals surface area (Å²) in [6, 6.07) is 5.77. The maximum atomic E-state index is 13.9. The van der Waals surface area contributed by atoms with E-state index in [4.69, 9.17) is 11.6 Å². The van der Waals surface area contributed by atoms with E-state index >= 15 is 0 Å². The molecule has 0 amide bonds. The molecule has 0 fully saturated rings. The Balaban J connectivity index is 2.22. The first-order valence-corrected chi connectivity index (χ1v) is 6.90. The number of pyridine rings is 1. The zero-order chi connectivity index (χ0) is 17.6. The highest BCUT2D eigenvalue weighted by molar-refractivity contribution is 6.35. The molecule has 2 aromatic carbocycles. The Labute approximate surface area is 137 Å². The number of hydrogen-bond acceptors (Lipinski definition) is 2. The highest BCUT2D eigenvalue weighted by atomic mass is 35.5. The summed E-state index contributed by atoms with van der Waals surface area (Å²) in [5.74, 6) is -2.60. The van der Waals surface area contributed by atoms with E-state index in [1.807, 2.05) is 0 Å². The molecule has 0 atom stereocenters. The van der Waals surface area contributed by atoms with Crippen LogP contribution in [0.2, 0.25) is 5.02 Å². The minimum Gasteiger partial charge on any atom is -0.508 e. The number of alkyl halides is 3. The summed E-state index contributed by atoms with van der Waals surface area (Å²) in [5, 5.41) is 9.05. The van der Waals surface area contributed by atoms with Crippen molar-refractivity contribution in [3.8, 4) is 16.9 Å². The molecule has 1 N–H and O–H groups in total. The third-order valence-corrected chi connectivity index (χ3v) is 3.68. The van der Waals surface area contributed by atoms with E-state index in [-0.39, 0.29) is 21.5 Å². The van der Waals surface area contributed by atoms with Gasteiger partial charge in [0.1, 0.15) is 23.1 Å². The van der Waals surface area contributed by atoms with Crippen LogP contribution in [0, 0.1) is 11.6 Å². The van der Waals surface area contributed by atoms with Gasteiger partial charge in [0, 0.05) is 17.5 Å². The lowest BCUT2D eigenvalue weighted by Crippen LogP contribution is -2.08. The van der Waals surface area contributed by atoms with Crippen molar-refractivity contribution < 1.29 is 27.1 Å². The SMILES string of the molecule is Oc1cc(F)c(-c2ccc3nc(C(F)(F)F)cc(Cl)c3c2)c(F)c1. The molecule has 0 aliphatic heterocycles. The Morgan fingerprint density at radius 2 is 1.58 bits per heavy atom. The molecule has 0 aliphatic carbocycles. The van der Waals surface area contributed by atoms with Crippen LogP contribution in [0.1, 0.15) is 5.69 Å². The first kappa shape index (κ1) is 16.4. The van der Waals surface area contributed by atoms with Gasteiger partial charge < -0.3 is 5.11 Å². The number of halogens is 6. The monoisotopic (exact) mass is 359 g/mol. The fourth-order valence-electron chi connectivity index (χ4n) is 2.32. The second-order valence-electron chi connectivity index (χ2n) is 5.00. The van der Waals surface area contributed by atoms with Crippen LogP contribution in [-0.4, -0.2) is 10.1 Å². The van der Waals surface area contributed by atoms with Crippen molar-refractivity contribution in [2.45, 2.75) is 6.18 Å². The molecule has 0 saturated carbocycles. The summed E-state index contributed by atoms with van der Waals surface area (Å²) in [5.41, 5.74) is -1.58. The summed E-state index contributed by atoms with van der Waals surface area (Å²) < 4.78 is 66.1. The number of nitrogens with zero attached hydrogens (tertiary/aromatic N) is 1. The van der Waals surface area contributed by atoms with Gasteiger partial charge in [-0.15, -0.1) is 0 Å². The van der Waals surface area contributed by atoms with E-state index in [0.29, 0.717) is 6.07 Å². The standard InChI is InChI=1S/C16H7ClF5NO/c17-10-6-14(16(20,21)22)23-13-2-1-7(3-9(10)13)15-11(18)4-8(24)5-12(15)19/h1-6,24H. The molecule has 8 heteroatoms. The number of phenolic OH excluding ortho intramolecular Hbond substituents is 1. The van der Waals surface area contributed by atoms with Crippen molar-refractivity contribution in [3.05, 3.63) is 58.7 Å². The highest BCUT2D eigenvalue weighted by Crippen LogP contribution is 2.36. The molecule has 0 unspecified atom stereocenters. The van der Waals surface area contributed by atoms with E-state index in [2.05, 4.69) is 4.98 Å². The van der Waals surface area contributed by atoms with Gasteiger partial charge in [0.05, 0.1) is 16.1 Å². The summed E-state index contributed by atoms with van der Waals surface area (Å²) in [6.07, 6.45) is -4.66. The molecular weight excluding hydrogens is 353 g/mol. The predicted octanol–water partition coefficient (Wildman–Crippen LogP) is 5.56. The number of hydrogen-bond donors (Lipinski definition) is 1. The van der Waals surface area contributed by atoms with Crippen LogP contribution in [0.15, 0.2) is 36.4 Å². The van der Waals surface area contributed by atoms with E-state index in [1.54, 1.807) is 0 Å². The van der Waals surface area contributed by atoms with E-state index in [1.165, 1.54) is 18.2 Å². The molecule has 0 aliphatic rings. The Hall–Kier alpha value is -2.41. The second-order valence-corrected chi connectivity index (χ2v) is 5.41. The first-order chi connectivity index (χ1) is 11.2. The van der Waals surface area contributed by atoms with Gasteiger partial charge in [-0.2, -0.15) is 13.2 Å². The summed E-state index contributed by atoms with van der Waals surface area (Å²) in [4.78, 5) is 3.46. The lowest BCUT2D eigenvalue weighted by molar-refractivity contribution is -0.140. The Kier molecular flexibility index (Phi) is 3.83. The average molecular weight is 360 g/mol. The van der Waals surface area contributed by atoms with Gasteiger partial charge in [-0.1, -0.05) is 17.7 Å². The number of phenols is 1. The van der Waals surface area contributed by atoms with Crippen molar-refractivity contribution in [2.24, 2.45) is 0 Å². The maximum absolute atomic E-state index is 13.9. The summed E-state index contributed by atoms with van der Waals surface area (Å²) >= 11 is 5.86. The molecule has 3 aromatic rings. The maximum Gasteiger partial charge on any atom is 0.433 e. The number of aromatic nitrogens is 1. The lowest BCUT2D eigenvalue weighted by atomic mass is 10.0. The van der Waals surface area contributed by atoms with Crippen molar-refractivity contribution in [1.82, 2.24) is 4.98 Å². The Morgan fingerprint density at radius 1 is 0.958 bits per heavy atom. The molecule has 2 nitrogen and oxygen atoms in total. The van der Waals surface area contributed by atoms with Crippen LogP contribution >= 0.6 is 11.6 Å². The predicted molar refractivity (Wildman–Crippen MR) is 78.8 cm³/mol. The topological polar surface area (TPSA) is 33.1 Å². The van der Waals surface area contributed by atoms with Gasteiger partial charge >= 0.3 is 6.18 Å². The molecule has 0 saturated heterocycles. The van der Waals surface area contributed by atoms with Crippen LogP contribution in [0.3, 0.4) is 0 Å². The number of fused-ring (bicyclic) bond motifs is 1. The third-order valence-electron chi connectivity index (χ3n) is 3.36. The lowest BCUT2D eigenvalue weighted by Gasteiger charge is -2.11. The van der Waals surface area contributed by atoms with Gasteiger partial charge in [-0.05, 0) is 23.8 Å². The van der Waals surface area contributed by atoms with Gasteiger partial charge in [0.25, 0.3) is 0 Å². The van der Waals surface area contributed by atoms with Gasteiger partial charge in [0.15, 0.2) is 0 Å². The zero-order valence-electron chi connectivity index (χ0n) is 11.6. The first-order valence-electron chi connectivity index (χ1n) is 6.52. The van der Waals surface area contributed by atoms with Crippen LogP contribution in [0.4, 0.5) is 22.0 Å². The fourth-order valence-corrected chi connectivity index (χ4v) is 2.58. The minimum atomic E-state index is -4.66. The van der Waals surface area contributed by atoms with E-state index in [0.717, 1.165) is 12.1 Å². The highest BCUT2D eigenvalue weighted by Gasteiger charge is 2.33. The zero-order valence-corrected chi connectivity index (χ0v) is 12.4. The smallest absolute Gasteiger partial charge is 0.433 e. The van der Waals surface area contributed by atoms with Crippen molar-refractivity contribution in [2.75, 3.05) is 0 Å². The van der Waals surface area contributed by atoms with Gasteiger partial charge in [-0.25, -0.2) is 13.8 Å². The van der Waals surface area contributed by atoms with E-state index in [9.17, 15) is 27.1 Å². The van der Waals surface area contributed by atoms with Crippen LogP contribution in [0.5, 0.6) is 5.75 Å². The quantitative estimate of drug-likeness (QED) is 0.577. The van der Waals surface area contributed by atoms with Crippen LogP contribution < -0.4 is 0 Å². The van der Waals surface area contributed by atoms with Gasteiger partial charge in [-0.3, -0.25) is 0 Å². The number of aromatic hydroxyl groups is 1. The molecule has 1 heterocycles. The number of rotatable bonds is 1. The Morgan fingerprint density at radius 3 is 2.17 bits per heavy atom. The molecule has 0 radical (unpaired) electrons. The fraction of sp³-hybridized carbons (Fsp3) is 0.0625. The average Bonchev–Trinajstić information content (AvgIpc) is 2.45. The molecule has 24 heavy (non-hydrogen) atoms. The normalized spacial score (nSPS) is 11.9. The molecule has 1 aromatic heterocycles. The van der Waals surface area contributed by atoms with Crippen molar-refractivity contribution in [3.63, 3.8) is 0 Å². The van der Waals surface area contributed by atoms with Gasteiger partial charge in [0.2, 0.25) is 0 Å². The van der Waals surface area contributed by atoms with Crippen molar-refractivity contribution in [1.29, 1.82) is 0 Å². The largest absolute Gasteiger partial charge is 0.508 e. The minimum absolute atomic E-state index is 0.0564. The third kappa shape index (κ3) is 2.87. The van der Waals surface area contributed by atoms with Crippen molar-refractivity contribution >= 4 is 22.5 Å². The van der Waals surface area contributed by atoms with E-state index < -0.39 is 34.8 Å². The second kappa shape index (κ2) is 5.59. The summed E-state index contributed by atoms with van der Waals surface area (Å²) in [6.45, 7) is 0. The Bertz CT molecular complexity index is 932. The molecule has 124 valence electrons.